The van der Waals surface area contributed by atoms with Gasteiger partial charge in [-0.1, -0.05) is 0 Å². The van der Waals surface area contributed by atoms with Crippen LogP contribution in [0.3, 0.4) is 0 Å². The van der Waals surface area contributed by atoms with Crippen LogP contribution >= 0.6 is 0 Å². The molecule has 1 amide bonds. The molecule has 6 nitrogen and oxygen atoms in total. The highest BCUT2D eigenvalue weighted by Gasteiger charge is 2.37. The van der Waals surface area contributed by atoms with Gasteiger partial charge in [0.2, 0.25) is 0 Å². The van der Waals surface area contributed by atoms with Crippen LogP contribution in [-0.2, 0) is 4.79 Å². The second-order valence-electron chi connectivity index (χ2n) is 7.88. The number of ether oxygens (including phenoxy) is 1. The molecule has 0 aliphatic heterocycles. The van der Waals surface area contributed by atoms with Crippen molar-refractivity contribution in [2.45, 2.75) is 58.2 Å². The van der Waals surface area contributed by atoms with Crippen molar-refractivity contribution in [2.24, 2.45) is 5.92 Å². The third-order valence-corrected chi connectivity index (χ3v) is 5.42. The Kier molecular flexibility index (Phi) is 6.17. The van der Waals surface area contributed by atoms with E-state index < -0.39 is 12.6 Å². The number of nitrogens with zero attached hydrogens (tertiary/aromatic N) is 1. The van der Waals surface area contributed by atoms with Gasteiger partial charge in [-0.25, -0.2) is 0 Å². The summed E-state index contributed by atoms with van der Waals surface area (Å²) in [5.74, 6) is -0.386. The smallest absolute Gasteiger partial charge is 0.387 e. The summed E-state index contributed by atoms with van der Waals surface area (Å²) in [6, 6.07) is 3.25. The third-order valence-electron chi connectivity index (χ3n) is 5.42. The molecule has 0 aromatic heterocycles. The number of benzene rings is 1. The molecule has 0 saturated heterocycles. The molecule has 0 radical (unpaired) electrons. The lowest BCUT2D eigenvalue weighted by atomic mass is 9.85. The van der Waals surface area contributed by atoms with Gasteiger partial charge in [0.1, 0.15) is 5.75 Å². The van der Waals surface area contributed by atoms with Crippen LogP contribution in [0.15, 0.2) is 12.1 Å². The summed E-state index contributed by atoms with van der Waals surface area (Å²) >= 11 is 0. The third kappa shape index (κ3) is 5.19. The van der Waals surface area contributed by atoms with Gasteiger partial charge in [-0.15, -0.1) is 0 Å². The predicted molar refractivity (Wildman–Crippen MR) is 98.8 cm³/mol. The first-order valence-corrected chi connectivity index (χ1v) is 9.55. The lowest BCUT2D eigenvalue weighted by Crippen LogP contribution is -2.55. The topological polar surface area (TPSA) is 78.9 Å². The zero-order valence-corrected chi connectivity index (χ0v) is 16.1. The Hall–Kier alpha value is -2.22. The van der Waals surface area contributed by atoms with Crippen LogP contribution in [0.1, 0.15) is 47.2 Å². The SMILES string of the molecule is Cc1cc(C(=O)NC2CC(N(CC(=O)O)CC3CC3)C2)cc(C)c1OC(F)F. The molecule has 2 aliphatic carbocycles. The number of halogens is 2. The summed E-state index contributed by atoms with van der Waals surface area (Å²) in [7, 11) is 0. The van der Waals surface area contributed by atoms with Crippen molar-refractivity contribution in [3.05, 3.63) is 28.8 Å². The minimum absolute atomic E-state index is 0.00870. The number of aliphatic carboxylic acids is 1. The fourth-order valence-electron chi connectivity index (χ4n) is 3.78. The number of amides is 1. The lowest BCUT2D eigenvalue weighted by Gasteiger charge is -2.42. The van der Waals surface area contributed by atoms with Crippen LogP contribution in [0.2, 0.25) is 0 Å². The summed E-state index contributed by atoms with van der Waals surface area (Å²) in [6.45, 7) is 1.19. The Morgan fingerprint density at radius 3 is 2.36 bits per heavy atom. The maximum Gasteiger partial charge on any atom is 0.387 e. The number of hydrogen-bond acceptors (Lipinski definition) is 4. The highest BCUT2D eigenvalue weighted by Crippen LogP contribution is 2.34. The average Bonchev–Trinajstić information content (AvgIpc) is 3.36. The summed E-state index contributed by atoms with van der Waals surface area (Å²) < 4.78 is 29.5. The van der Waals surface area contributed by atoms with E-state index in [1.165, 1.54) is 0 Å². The molecule has 0 atom stereocenters. The van der Waals surface area contributed by atoms with Crippen molar-refractivity contribution in [3.63, 3.8) is 0 Å². The Balaban J connectivity index is 1.55. The molecule has 2 aliphatic rings. The Labute approximate surface area is 162 Å². The minimum Gasteiger partial charge on any atom is -0.480 e. The maximum atomic E-state index is 12.5. The molecule has 8 heteroatoms. The Morgan fingerprint density at radius 2 is 1.86 bits per heavy atom. The summed E-state index contributed by atoms with van der Waals surface area (Å²) in [5.41, 5.74) is 1.36. The number of carboxylic acids is 1. The van der Waals surface area contributed by atoms with Crippen molar-refractivity contribution in [3.8, 4) is 5.75 Å². The summed E-state index contributed by atoms with van der Waals surface area (Å²) in [4.78, 5) is 25.6. The normalized spacial score (nSPS) is 21.5. The van der Waals surface area contributed by atoms with E-state index in [0.717, 1.165) is 32.2 Å². The van der Waals surface area contributed by atoms with Gasteiger partial charge in [0.05, 0.1) is 6.54 Å². The first-order chi connectivity index (χ1) is 13.2. The van der Waals surface area contributed by atoms with E-state index in [1.807, 2.05) is 4.90 Å². The van der Waals surface area contributed by atoms with E-state index in [4.69, 9.17) is 5.11 Å². The van der Waals surface area contributed by atoms with Gasteiger partial charge in [-0.2, -0.15) is 8.78 Å². The van der Waals surface area contributed by atoms with Gasteiger partial charge in [0.15, 0.2) is 0 Å². The van der Waals surface area contributed by atoms with E-state index >= 15 is 0 Å². The van der Waals surface area contributed by atoms with Crippen LogP contribution < -0.4 is 10.1 Å². The van der Waals surface area contributed by atoms with Crippen LogP contribution in [0.4, 0.5) is 8.78 Å². The number of nitrogens with one attached hydrogen (secondary N) is 1. The number of carboxylic acid groups (broad SMARTS) is 1. The van der Waals surface area contributed by atoms with E-state index in [2.05, 4.69) is 10.1 Å². The molecule has 2 saturated carbocycles. The van der Waals surface area contributed by atoms with E-state index in [0.29, 0.717) is 22.6 Å². The highest BCUT2D eigenvalue weighted by molar-refractivity contribution is 5.95. The van der Waals surface area contributed by atoms with Crippen LogP contribution in [0.25, 0.3) is 0 Å². The minimum atomic E-state index is -2.91. The maximum absolute atomic E-state index is 12.5. The number of carbonyl (C=O) groups excluding carboxylic acids is 1. The fraction of sp³-hybridized carbons (Fsp3) is 0.600. The molecule has 0 heterocycles. The van der Waals surface area contributed by atoms with E-state index in [-0.39, 0.29) is 30.3 Å². The van der Waals surface area contributed by atoms with Crippen molar-refractivity contribution < 1.29 is 28.2 Å². The molecule has 0 spiro atoms. The molecular weight excluding hydrogens is 370 g/mol. The van der Waals surface area contributed by atoms with Gasteiger partial charge in [0.25, 0.3) is 5.91 Å². The fourth-order valence-corrected chi connectivity index (χ4v) is 3.78. The Morgan fingerprint density at radius 1 is 1.25 bits per heavy atom. The molecule has 2 N–H and O–H groups in total. The van der Waals surface area contributed by atoms with E-state index in [1.54, 1.807) is 26.0 Å². The molecule has 28 heavy (non-hydrogen) atoms. The molecule has 2 fully saturated rings. The van der Waals surface area contributed by atoms with Gasteiger partial charge in [-0.3, -0.25) is 14.5 Å². The summed E-state index contributed by atoms with van der Waals surface area (Å²) in [6.07, 6.45) is 3.76. The van der Waals surface area contributed by atoms with Crippen molar-refractivity contribution in [1.82, 2.24) is 10.2 Å². The Bertz CT molecular complexity index is 723. The molecule has 0 bridgehead atoms. The van der Waals surface area contributed by atoms with Crippen molar-refractivity contribution in [1.29, 1.82) is 0 Å². The second-order valence-corrected chi connectivity index (χ2v) is 7.88. The van der Waals surface area contributed by atoms with Crippen molar-refractivity contribution in [2.75, 3.05) is 13.1 Å². The van der Waals surface area contributed by atoms with Gasteiger partial charge < -0.3 is 15.2 Å². The average molecular weight is 396 g/mol. The van der Waals surface area contributed by atoms with Gasteiger partial charge >= 0.3 is 12.6 Å². The monoisotopic (exact) mass is 396 g/mol. The van der Waals surface area contributed by atoms with Gasteiger partial charge in [0, 0.05) is 24.2 Å². The molecule has 3 rings (SSSR count). The zero-order valence-electron chi connectivity index (χ0n) is 16.1. The van der Waals surface area contributed by atoms with Crippen LogP contribution in [0, 0.1) is 19.8 Å². The van der Waals surface area contributed by atoms with Crippen LogP contribution in [-0.4, -0.2) is 53.7 Å². The number of alkyl halides is 2. The predicted octanol–water partition coefficient (Wildman–Crippen LogP) is 2.96. The molecule has 1 aromatic carbocycles. The standard InChI is InChI=1S/C20H26F2N2O4/c1-11-5-14(6-12(2)18(11)28-20(21)22)19(27)23-15-7-16(8-15)24(10-17(25)26)9-13-3-4-13/h5-6,13,15-16,20H,3-4,7-10H2,1-2H3,(H,23,27)(H,25,26). The number of aryl methyl sites for hydroxylation is 2. The number of rotatable bonds is 9. The lowest BCUT2D eigenvalue weighted by molar-refractivity contribution is -0.139. The highest BCUT2D eigenvalue weighted by atomic mass is 19.3. The number of carbonyl (C=O) groups is 2. The first kappa shape index (κ1) is 20.5. The quantitative estimate of drug-likeness (QED) is 0.671. The zero-order chi connectivity index (χ0) is 20.4. The number of hydrogen-bond donors (Lipinski definition) is 2. The second kappa shape index (κ2) is 8.43. The molecular formula is C20H26F2N2O4. The van der Waals surface area contributed by atoms with Crippen LogP contribution in [0.5, 0.6) is 5.75 Å². The van der Waals surface area contributed by atoms with Gasteiger partial charge in [-0.05, 0) is 68.7 Å². The van der Waals surface area contributed by atoms with E-state index in [9.17, 15) is 18.4 Å². The molecule has 1 aromatic rings. The largest absolute Gasteiger partial charge is 0.480 e. The molecule has 0 unspecified atom stereocenters. The summed E-state index contributed by atoms with van der Waals surface area (Å²) in [5, 5.41) is 12.1. The first-order valence-electron chi connectivity index (χ1n) is 9.55. The van der Waals surface area contributed by atoms with Crippen molar-refractivity contribution >= 4 is 11.9 Å². The molecule has 154 valence electrons.